The average Bonchev–Trinajstić information content (AvgIpc) is 2.49. The van der Waals surface area contributed by atoms with Gasteiger partial charge in [-0.25, -0.2) is 0 Å². The molecule has 2 rings (SSSR count). The first-order chi connectivity index (χ1) is 9.61. The van der Waals surface area contributed by atoms with Crippen molar-refractivity contribution in [3.8, 4) is 0 Å². The minimum absolute atomic E-state index is 0.0873. The Labute approximate surface area is 124 Å². The quantitative estimate of drug-likeness (QED) is 0.774. The van der Waals surface area contributed by atoms with Crippen LogP contribution in [0.4, 0.5) is 0 Å². The molecule has 2 saturated heterocycles. The minimum atomic E-state index is -0.397. The van der Waals surface area contributed by atoms with E-state index in [-0.39, 0.29) is 6.61 Å². The van der Waals surface area contributed by atoms with Gasteiger partial charge in [0.05, 0.1) is 6.61 Å². The molecule has 2 aliphatic rings. The molecule has 4 heteroatoms. The molecule has 20 heavy (non-hydrogen) atoms. The molecule has 0 amide bonds. The van der Waals surface area contributed by atoms with E-state index in [0.29, 0.717) is 0 Å². The van der Waals surface area contributed by atoms with Crippen molar-refractivity contribution < 1.29 is 5.11 Å². The molecule has 0 saturated carbocycles. The van der Waals surface area contributed by atoms with Crippen LogP contribution in [0.2, 0.25) is 0 Å². The summed E-state index contributed by atoms with van der Waals surface area (Å²) < 4.78 is 0. The van der Waals surface area contributed by atoms with Gasteiger partial charge in [-0.3, -0.25) is 0 Å². The van der Waals surface area contributed by atoms with E-state index in [2.05, 4.69) is 9.80 Å². The number of nitrogens with two attached hydrogens (primary N) is 1. The number of rotatable bonds is 6. The van der Waals surface area contributed by atoms with Gasteiger partial charge in [-0.15, -0.1) is 0 Å². The second kappa shape index (κ2) is 7.74. The van der Waals surface area contributed by atoms with Gasteiger partial charge in [0.1, 0.15) is 0 Å². The molecule has 0 spiro atoms. The lowest BCUT2D eigenvalue weighted by molar-refractivity contribution is 0.0901. The van der Waals surface area contributed by atoms with Gasteiger partial charge in [0.25, 0.3) is 0 Å². The second-order valence-electron chi connectivity index (χ2n) is 7.09. The standard InChI is InChI=1S/C16H33N3O/c1-16(17,14-20)8-5-9-18-12-6-15(7-13-18)19-10-3-2-4-11-19/h15,20H,2-14,17H2,1H3. The van der Waals surface area contributed by atoms with E-state index in [1.54, 1.807) is 0 Å². The Balaban J connectivity index is 1.61. The maximum absolute atomic E-state index is 9.17. The maximum atomic E-state index is 9.17. The number of aliphatic hydroxyl groups is 1. The summed E-state index contributed by atoms with van der Waals surface area (Å²) in [6.07, 6.45) is 8.91. The van der Waals surface area contributed by atoms with Gasteiger partial charge in [-0.05, 0) is 78.2 Å². The predicted molar refractivity (Wildman–Crippen MR) is 83.8 cm³/mol. The van der Waals surface area contributed by atoms with Crippen molar-refractivity contribution in [2.45, 2.75) is 63.5 Å². The van der Waals surface area contributed by atoms with Crippen LogP contribution in [0.1, 0.15) is 51.9 Å². The Kier molecular flexibility index (Phi) is 6.27. The van der Waals surface area contributed by atoms with E-state index in [1.165, 1.54) is 58.3 Å². The number of hydrogen-bond donors (Lipinski definition) is 2. The number of piperidine rings is 2. The third-order valence-corrected chi connectivity index (χ3v) is 5.05. The Morgan fingerprint density at radius 1 is 1.10 bits per heavy atom. The maximum Gasteiger partial charge on any atom is 0.0608 e. The summed E-state index contributed by atoms with van der Waals surface area (Å²) in [7, 11) is 0. The average molecular weight is 283 g/mol. The molecule has 0 aliphatic carbocycles. The van der Waals surface area contributed by atoms with E-state index in [1.807, 2.05) is 6.92 Å². The molecular weight excluding hydrogens is 250 g/mol. The molecular formula is C16H33N3O. The number of hydrogen-bond acceptors (Lipinski definition) is 4. The van der Waals surface area contributed by atoms with E-state index in [4.69, 9.17) is 10.8 Å². The highest BCUT2D eigenvalue weighted by Gasteiger charge is 2.25. The van der Waals surface area contributed by atoms with Crippen molar-refractivity contribution in [2.24, 2.45) is 5.73 Å². The summed E-state index contributed by atoms with van der Waals surface area (Å²) in [6.45, 7) is 8.29. The van der Waals surface area contributed by atoms with Crippen LogP contribution in [0.15, 0.2) is 0 Å². The fourth-order valence-electron chi connectivity index (χ4n) is 3.58. The molecule has 3 N–H and O–H groups in total. The molecule has 2 fully saturated rings. The monoisotopic (exact) mass is 283 g/mol. The third kappa shape index (κ3) is 4.99. The van der Waals surface area contributed by atoms with Crippen molar-refractivity contribution in [1.29, 1.82) is 0 Å². The molecule has 1 unspecified atom stereocenters. The summed E-state index contributed by atoms with van der Waals surface area (Å²) in [5.41, 5.74) is 5.58. The number of likely N-dealkylation sites (tertiary alicyclic amines) is 2. The van der Waals surface area contributed by atoms with E-state index in [0.717, 1.165) is 25.4 Å². The largest absolute Gasteiger partial charge is 0.394 e. The third-order valence-electron chi connectivity index (χ3n) is 5.05. The Morgan fingerprint density at radius 2 is 1.75 bits per heavy atom. The van der Waals surface area contributed by atoms with Crippen LogP contribution in [0.25, 0.3) is 0 Å². The van der Waals surface area contributed by atoms with Crippen molar-refractivity contribution in [3.05, 3.63) is 0 Å². The van der Waals surface area contributed by atoms with Gasteiger partial charge in [-0.1, -0.05) is 6.42 Å². The van der Waals surface area contributed by atoms with Crippen LogP contribution >= 0.6 is 0 Å². The van der Waals surface area contributed by atoms with Crippen molar-refractivity contribution >= 4 is 0 Å². The Bertz CT molecular complexity index is 269. The molecule has 2 heterocycles. The van der Waals surface area contributed by atoms with Crippen LogP contribution < -0.4 is 5.73 Å². The molecule has 0 aromatic heterocycles. The van der Waals surface area contributed by atoms with E-state index >= 15 is 0 Å². The molecule has 1 atom stereocenters. The zero-order valence-electron chi connectivity index (χ0n) is 13.2. The predicted octanol–water partition coefficient (Wildman–Crippen LogP) is 1.43. The van der Waals surface area contributed by atoms with Crippen LogP contribution in [-0.4, -0.2) is 65.8 Å². The first-order valence-electron chi connectivity index (χ1n) is 8.47. The normalized spacial score (nSPS) is 26.6. The Morgan fingerprint density at radius 3 is 2.35 bits per heavy atom. The highest BCUT2D eigenvalue weighted by molar-refractivity contribution is 4.82. The number of aliphatic hydroxyl groups excluding tert-OH is 1. The second-order valence-corrected chi connectivity index (χ2v) is 7.09. The molecule has 0 bridgehead atoms. The molecule has 2 aliphatic heterocycles. The molecule has 0 aromatic rings. The lowest BCUT2D eigenvalue weighted by atomic mass is 9.97. The summed E-state index contributed by atoms with van der Waals surface area (Å²) >= 11 is 0. The fraction of sp³-hybridized carbons (Fsp3) is 1.00. The summed E-state index contributed by atoms with van der Waals surface area (Å²) in [5.74, 6) is 0. The van der Waals surface area contributed by atoms with Crippen LogP contribution in [-0.2, 0) is 0 Å². The first kappa shape index (κ1) is 16.2. The molecule has 118 valence electrons. The SMILES string of the molecule is CC(N)(CO)CCCN1CCC(N2CCCCC2)CC1. The summed E-state index contributed by atoms with van der Waals surface area (Å²) in [4.78, 5) is 5.30. The highest BCUT2D eigenvalue weighted by atomic mass is 16.3. The highest BCUT2D eigenvalue weighted by Crippen LogP contribution is 2.21. The van der Waals surface area contributed by atoms with Crippen molar-refractivity contribution in [3.63, 3.8) is 0 Å². The van der Waals surface area contributed by atoms with E-state index in [9.17, 15) is 0 Å². The topological polar surface area (TPSA) is 52.7 Å². The Hall–Kier alpha value is -0.160. The zero-order valence-corrected chi connectivity index (χ0v) is 13.2. The van der Waals surface area contributed by atoms with Gasteiger partial charge in [0.15, 0.2) is 0 Å². The van der Waals surface area contributed by atoms with Crippen molar-refractivity contribution in [1.82, 2.24) is 9.80 Å². The van der Waals surface area contributed by atoms with E-state index < -0.39 is 5.54 Å². The summed E-state index contributed by atoms with van der Waals surface area (Å²) in [5, 5.41) is 9.17. The van der Waals surface area contributed by atoms with Gasteiger partial charge >= 0.3 is 0 Å². The first-order valence-corrected chi connectivity index (χ1v) is 8.47. The lowest BCUT2D eigenvalue weighted by Gasteiger charge is -2.40. The molecule has 0 radical (unpaired) electrons. The minimum Gasteiger partial charge on any atom is -0.394 e. The smallest absolute Gasteiger partial charge is 0.0608 e. The zero-order chi connectivity index (χ0) is 14.4. The number of nitrogens with zero attached hydrogens (tertiary/aromatic N) is 2. The van der Waals surface area contributed by atoms with Gasteiger partial charge < -0.3 is 20.6 Å². The van der Waals surface area contributed by atoms with Gasteiger partial charge in [0, 0.05) is 11.6 Å². The van der Waals surface area contributed by atoms with Gasteiger partial charge in [-0.2, -0.15) is 0 Å². The van der Waals surface area contributed by atoms with Crippen LogP contribution in [0.3, 0.4) is 0 Å². The fourth-order valence-corrected chi connectivity index (χ4v) is 3.58. The lowest BCUT2D eigenvalue weighted by Crippen LogP contribution is -2.47. The molecule has 4 nitrogen and oxygen atoms in total. The van der Waals surface area contributed by atoms with Crippen LogP contribution in [0.5, 0.6) is 0 Å². The molecule has 0 aromatic carbocycles. The summed E-state index contributed by atoms with van der Waals surface area (Å²) in [6, 6.07) is 0.837. The van der Waals surface area contributed by atoms with Gasteiger partial charge in [0.2, 0.25) is 0 Å². The van der Waals surface area contributed by atoms with Crippen LogP contribution in [0, 0.1) is 0 Å². The van der Waals surface area contributed by atoms with Crippen molar-refractivity contribution in [2.75, 3.05) is 39.3 Å².